The van der Waals surface area contributed by atoms with Crippen LogP contribution in [0.15, 0.2) is 30.3 Å². The summed E-state index contributed by atoms with van der Waals surface area (Å²) in [5.74, 6) is 0.468. The van der Waals surface area contributed by atoms with E-state index in [0.717, 1.165) is 51.9 Å². The summed E-state index contributed by atoms with van der Waals surface area (Å²) in [6.07, 6.45) is 4.78. The van der Waals surface area contributed by atoms with Gasteiger partial charge in [-0.15, -0.1) is 0 Å². The first kappa shape index (κ1) is 16.1. The number of benzene rings is 1. The van der Waals surface area contributed by atoms with Crippen molar-refractivity contribution >= 4 is 5.91 Å². The smallest absolute Gasteiger partial charge is 0.228 e. The summed E-state index contributed by atoms with van der Waals surface area (Å²) < 4.78 is 5.89. The molecule has 0 aliphatic carbocycles. The third kappa shape index (κ3) is 3.22. The van der Waals surface area contributed by atoms with Gasteiger partial charge in [0.05, 0.1) is 18.1 Å². The monoisotopic (exact) mass is 328 g/mol. The van der Waals surface area contributed by atoms with Gasteiger partial charge in [0.15, 0.2) is 0 Å². The number of nitrogens with zero attached hydrogens (tertiary/aromatic N) is 2. The van der Waals surface area contributed by atoms with Crippen molar-refractivity contribution in [2.45, 2.75) is 57.4 Å². The summed E-state index contributed by atoms with van der Waals surface area (Å²) in [5, 5.41) is 0. The summed E-state index contributed by atoms with van der Waals surface area (Å²) >= 11 is 0. The second kappa shape index (κ2) is 6.85. The predicted molar refractivity (Wildman–Crippen MR) is 93.5 cm³/mol. The molecule has 4 atom stereocenters. The molecule has 1 amide bonds. The molecule has 0 aromatic heterocycles. The fourth-order valence-electron chi connectivity index (χ4n) is 4.51. The third-order valence-electron chi connectivity index (χ3n) is 6.06. The molecule has 4 heteroatoms. The second-order valence-corrected chi connectivity index (χ2v) is 7.64. The molecule has 3 aliphatic heterocycles. The van der Waals surface area contributed by atoms with Gasteiger partial charge < -0.3 is 9.64 Å². The first-order chi connectivity index (χ1) is 11.7. The Balaban J connectivity index is 1.37. The highest BCUT2D eigenvalue weighted by Gasteiger charge is 2.45. The van der Waals surface area contributed by atoms with Crippen molar-refractivity contribution in [1.82, 2.24) is 9.80 Å². The van der Waals surface area contributed by atoms with Crippen LogP contribution in [0.25, 0.3) is 0 Å². The maximum atomic E-state index is 12.9. The Kier molecular flexibility index (Phi) is 4.59. The number of amides is 1. The van der Waals surface area contributed by atoms with Crippen LogP contribution in [0.2, 0.25) is 0 Å². The SMILES string of the molecule is CC1CCN(C(=O)C2CC3CCC2O3)CCN1Cc1ccccc1. The molecule has 3 saturated heterocycles. The van der Waals surface area contributed by atoms with E-state index in [-0.39, 0.29) is 12.0 Å². The summed E-state index contributed by atoms with van der Waals surface area (Å²) in [6, 6.07) is 11.2. The lowest BCUT2D eigenvalue weighted by Gasteiger charge is -2.27. The molecule has 0 N–H and O–H groups in total. The third-order valence-corrected chi connectivity index (χ3v) is 6.06. The molecular weight excluding hydrogens is 300 g/mol. The summed E-state index contributed by atoms with van der Waals surface area (Å²) in [7, 11) is 0. The molecule has 1 aromatic rings. The number of fused-ring (bicyclic) bond motifs is 2. The summed E-state index contributed by atoms with van der Waals surface area (Å²) in [4.78, 5) is 17.6. The van der Waals surface area contributed by atoms with Crippen LogP contribution in [0.1, 0.15) is 38.2 Å². The molecule has 0 saturated carbocycles. The molecule has 1 aromatic carbocycles. The number of rotatable bonds is 3. The van der Waals surface area contributed by atoms with Gasteiger partial charge in [-0.05, 0) is 38.2 Å². The van der Waals surface area contributed by atoms with Gasteiger partial charge in [0.25, 0.3) is 0 Å². The second-order valence-electron chi connectivity index (χ2n) is 7.64. The van der Waals surface area contributed by atoms with Gasteiger partial charge in [0, 0.05) is 32.2 Å². The van der Waals surface area contributed by atoms with E-state index in [1.54, 1.807) is 0 Å². The molecule has 3 heterocycles. The summed E-state index contributed by atoms with van der Waals surface area (Å²) in [5.41, 5.74) is 1.35. The van der Waals surface area contributed by atoms with E-state index >= 15 is 0 Å². The van der Waals surface area contributed by atoms with Gasteiger partial charge in [-0.2, -0.15) is 0 Å². The molecular formula is C20H28N2O2. The first-order valence-corrected chi connectivity index (χ1v) is 9.43. The van der Waals surface area contributed by atoms with Gasteiger partial charge in [0.1, 0.15) is 0 Å². The van der Waals surface area contributed by atoms with Crippen molar-refractivity contribution in [3.63, 3.8) is 0 Å². The van der Waals surface area contributed by atoms with Crippen molar-refractivity contribution in [3.8, 4) is 0 Å². The van der Waals surface area contributed by atoms with Gasteiger partial charge in [0.2, 0.25) is 5.91 Å². The molecule has 0 radical (unpaired) electrons. The maximum Gasteiger partial charge on any atom is 0.228 e. The number of carbonyl (C=O) groups excluding carboxylic acids is 1. The van der Waals surface area contributed by atoms with Gasteiger partial charge in [-0.3, -0.25) is 9.69 Å². The maximum absolute atomic E-state index is 12.9. The zero-order chi connectivity index (χ0) is 16.5. The lowest BCUT2D eigenvalue weighted by Crippen LogP contribution is -2.42. The van der Waals surface area contributed by atoms with Crippen molar-refractivity contribution < 1.29 is 9.53 Å². The highest BCUT2D eigenvalue weighted by Crippen LogP contribution is 2.39. The average molecular weight is 328 g/mol. The topological polar surface area (TPSA) is 32.8 Å². The number of carbonyl (C=O) groups is 1. The molecule has 4 rings (SSSR count). The first-order valence-electron chi connectivity index (χ1n) is 9.43. The zero-order valence-electron chi connectivity index (χ0n) is 14.6. The Hall–Kier alpha value is -1.39. The van der Waals surface area contributed by atoms with Crippen LogP contribution >= 0.6 is 0 Å². The van der Waals surface area contributed by atoms with E-state index in [9.17, 15) is 4.79 Å². The fraction of sp³-hybridized carbons (Fsp3) is 0.650. The van der Waals surface area contributed by atoms with Crippen LogP contribution in [0, 0.1) is 5.92 Å². The van der Waals surface area contributed by atoms with E-state index in [4.69, 9.17) is 4.74 Å². The standard InChI is InChI=1S/C20H28N2O2/c1-15-9-10-21(20(23)18-13-17-7-8-19(18)24-17)11-12-22(15)14-16-5-3-2-4-6-16/h2-6,15,17-19H,7-14H2,1H3. The lowest BCUT2D eigenvalue weighted by molar-refractivity contribution is -0.137. The molecule has 3 aliphatic rings. The van der Waals surface area contributed by atoms with Crippen LogP contribution < -0.4 is 0 Å². The van der Waals surface area contributed by atoms with Crippen LogP contribution in [0.3, 0.4) is 0 Å². The summed E-state index contributed by atoms with van der Waals surface area (Å²) in [6.45, 7) is 5.96. The molecule has 4 nitrogen and oxygen atoms in total. The van der Waals surface area contributed by atoms with Crippen molar-refractivity contribution in [2.24, 2.45) is 5.92 Å². The molecule has 3 fully saturated rings. The minimum Gasteiger partial charge on any atom is -0.374 e. The van der Waals surface area contributed by atoms with E-state index in [1.165, 1.54) is 5.56 Å². The Labute approximate surface area is 144 Å². The minimum atomic E-state index is 0.125. The van der Waals surface area contributed by atoms with Gasteiger partial charge in [-0.25, -0.2) is 0 Å². The van der Waals surface area contributed by atoms with Crippen LogP contribution in [0.4, 0.5) is 0 Å². The Morgan fingerprint density at radius 1 is 1.12 bits per heavy atom. The average Bonchev–Trinajstić information content (AvgIpc) is 3.19. The molecule has 4 unspecified atom stereocenters. The van der Waals surface area contributed by atoms with Crippen molar-refractivity contribution in [1.29, 1.82) is 0 Å². The van der Waals surface area contributed by atoms with E-state index < -0.39 is 0 Å². The Morgan fingerprint density at radius 2 is 1.96 bits per heavy atom. The molecule has 0 spiro atoms. The lowest BCUT2D eigenvalue weighted by atomic mass is 9.88. The van der Waals surface area contributed by atoms with E-state index in [0.29, 0.717) is 18.1 Å². The predicted octanol–water partition coefficient (Wildman–Crippen LogP) is 2.68. The van der Waals surface area contributed by atoms with Crippen molar-refractivity contribution in [2.75, 3.05) is 19.6 Å². The number of hydrogen-bond acceptors (Lipinski definition) is 3. The Morgan fingerprint density at radius 3 is 2.67 bits per heavy atom. The van der Waals surface area contributed by atoms with Crippen LogP contribution in [0.5, 0.6) is 0 Å². The van der Waals surface area contributed by atoms with Gasteiger partial charge in [-0.1, -0.05) is 30.3 Å². The zero-order valence-corrected chi connectivity index (χ0v) is 14.6. The van der Waals surface area contributed by atoms with Crippen molar-refractivity contribution in [3.05, 3.63) is 35.9 Å². The largest absolute Gasteiger partial charge is 0.374 e. The highest BCUT2D eigenvalue weighted by molar-refractivity contribution is 5.80. The fourth-order valence-corrected chi connectivity index (χ4v) is 4.51. The number of hydrogen-bond donors (Lipinski definition) is 0. The van der Waals surface area contributed by atoms with Crippen LogP contribution in [-0.2, 0) is 16.1 Å². The van der Waals surface area contributed by atoms with E-state index in [1.807, 2.05) is 0 Å². The number of ether oxygens (including phenoxy) is 1. The quantitative estimate of drug-likeness (QED) is 0.855. The Bertz CT molecular complexity index is 576. The molecule has 130 valence electrons. The van der Waals surface area contributed by atoms with Gasteiger partial charge >= 0.3 is 0 Å². The normalized spacial score (nSPS) is 33.6. The molecule has 2 bridgehead atoms. The molecule has 24 heavy (non-hydrogen) atoms. The highest BCUT2D eigenvalue weighted by atomic mass is 16.5. The minimum absolute atomic E-state index is 0.125. The van der Waals surface area contributed by atoms with Crippen LogP contribution in [-0.4, -0.2) is 53.6 Å². The van der Waals surface area contributed by atoms with E-state index in [2.05, 4.69) is 47.1 Å².